The van der Waals surface area contributed by atoms with Crippen molar-refractivity contribution in [3.05, 3.63) is 40.6 Å². The van der Waals surface area contributed by atoms with E-state index in [9.17, 15) is 8.78 Å². The lowest BCUT2D eigenvalue weighted by atomic mass is 9.97. The molecule has 0 atom stereocenters. The zero-order chi connectivity index (χ0) is 15.2. The molecule has 0 aliphatic carbocycles. The van der Waals surface area contributed by atoms with E-state index < -0.39 is 11.6 Å². The number of allylic oxidation sites excluding steroid dienone is 2. The molecule has 0 radical (unpaired) electrons. The van der Waals surface area contributed by atoms with Gasteiger partial charge in [0.25, 0.3) is 0 Å². The van der Waals surface area contributed by atoms with Crippen molar-refractivity contribution < 1.29 is 8.78 Å². The normalized spacial score (nSPS) is 12.5. The minimum Gasteiger partial charge on any atom is -0.402 e. The van der Waals surface area contributed by atoms with Crippen LogP contribution in [0.1, 0.15) is 38.8 Å². The van der Waals surface area contributed by atoms with Gasteiger partial charge < -0.3 is 5.73 Å². The SMILES string of the molecule is CC.CN=C(C)/C(=C(/C)N)c1ccc(F)c(C)c1F. The highest BCUT2D eigenvalue weighted by Gasteiger charge is 2.16. The van der Waals surface area contributed by atoms with E-state index in [0.29, 0.717) is 17.0 Å². The van der Waals surface area contributed by atoms with Crippen LogP contribution >= 0.6 is 0 Å². The highest BCUT2D eigenvalue weighted by Crippen LogP contribution is 2.25. The van der Waals surface area contributed by atoms with E-state index in [0.717, 1.165) is 0 Å². The van der Waals surface area contributed by atoms with E-state index in [1.54, 1.807) is 20.9 Å². The van der Waals surface area contributed by atoms with Gasteiger partial charge in [0.15, 0.2) is 0 Å². The van der Waals surface area contributed by atoms with Gasteiger partial charge in [0.2, 0.25) is 0 Å². The molecule has 0 heterocycles. The Morgan fingerprint density at radius 2 is 1.68 bits per heavy atom. The van der Waals surface area contributed by atoms with E-state index in [4.69, 9.17) is 5.73 Å². The first-order chi connectivity index (χ1) is 8.90. The third-order valence-corrected chi connectivity index (χ3v) is 2.68. The van der Waals surface area contributed by atoms with Crippen LogP contribution in [0.2, 0.25) is 0 Å². The number of rotatable bonds is 2. The fourth-order valence-corrected chi connectivity index (χ4v) is 1.66. The Morgan fingerprint density at radius 3 is 2.11 bits per heavy atom. The van der Waals surface area contributed by atoms with Gasteiger partial charge in [-0.1, -0.05) is 13.8 Å². The van der Waals surface area contributed by atoms with Crippen molar-refractivity contribution in [3.63, 3.8) is 0 Å². The van der Waals surface area contributed by atoms with Crippen molar-refractivity contribution >= 4 is 11.3 Å². The summed E-state index contributed by atoms with van der Waals surface area (Å²) in [4.78, 5) is 4.00. The highest BCUT2D eigenvalue weighted by molar-refractivity contribution is 6.23. The minimum absolute atomic E-state index is 0.00912. The van der Waals surface area contributed by atoms with Gasteiger partial charge in [-0.15, -0.1) is 0 Å². The first kappa shape index (κ1) is 17.3. The van der Waals surface area contributed by atoms with Crippen LogP contribution in [0.3, 0.4) is 0 Å². The number of benzene rings is 1. The fraction of sp³-hybridized carbons (Fsp3) is 0.400. The van der Waals surface area contributed by atoms with E-state index in [1.165, 1.54) is 19.1 Å². The summed E-state index contributed by atoms with van der Waals surface area (Å²) < 4.78 is 27.2. The molecule has 0 amide bonds. The van der Waals surface area contributed by atoms with Gasteiger partial charge in [-0.25, -0.2) is 8.78 Å². The summed E-state index contributed by atoms with van der Waals surface area (Å²) in [5.41, 5.74) is 7.61. The Balaban J connectivity index is 0.00000154. The number of halogens is 2. The van der Waals surface area contributed by atoms with Crippen LogP contribution in [0.4, 0.5) is 8.78 Å². The molecule has 1 rings (SSSR count). The maximum atomic E-state index is 14.0. The summed E-state index contributed by atoms with van der Waals surface area (Å²) >= 11 is 0. The van der Waals surface area contributed by atoms with Gasteiger partial charge in [0.1, 0.15) is 11.6 Å². The molecule has 19 heavy (non-hydrogen) atoms. The van der Waals surface area contributed by atoms with Gasteiger partial charge in [0.05, 0.1) is 0 Å². The molecule has 2 N–H and O–H groups in total. The monoisotopic (exact) mass is 268 g/mol. The summed E-state index contributed by atoms with van der Waals surface area (Å²) in [6.45, 7) is 8.81. The van der Waals surface area contributed by atoms with Crippen LogP contribution in [0.25, 0.3) is 5.57 Å². The topological polar surface area (TPSA) is 38.4 Å². The average molecular weight is 268 g/mol. The van der Waals surface area contributed by atoms with Gasteiger partial charge in [-0.2, -0.15) is 0 Å². The largest absolute Gasteiger partial charge is 0.402 e. The molecule has 2 nitrogen and oxygen atoms in total. The van der Waals surface area contributed by atoms with E-state index >= 15 is 0 Å². The molecular formula is C15H22F2N2. The molecule has 4 heteroatoms. The summed E-state index contributed by atoms with van der Waals surface area (Å²) in [5, 5.41) is 0. The van der Waals surface area contributed by atoms with Crippen LogP contribution in [-0.4, -0.2) is 12.8 Å². The molecule has 0 aromatic heterocycles. The second kappa shape index (κ2) is 7.67. The minimum atomic E-state index is -0.590. The Labute approximate surface area is 114 Å². The predicted octanol–water partition coefficient (Wildman–Crippen LogP) is 4.08. The molecule has 0 unspecified atom stereocenters. The predicted molar refractivity (Wildman–Crippen MR) is 78.3 cm³/mol. The molecule has 0 saturated carbocycles. The maximum Gasteiger partial charge on any atom is 0.136 e. The van der Waals surface area contributed by atoms with Crippen molar-refractivity contribution in [2.24, 2.45) is 10.7 Å². The summed E-state index contributed by atoms with van der Waals surface area (Å²) in [6, 6.07) is 2.62. The zero-order valence-electron chi connectivity index (χ0n) is 12.4. The average Bonchev–Trinajstić information content (AvgIpc) is 2.40. The lowest BCUT2D eigenvalue weighted by Crippen LogP contribution is -2.08. The van der Waals surface area contributed by atoms with Crippen LogP contribution in [0.15, 0.2) is 22.8 Å². The Morgan fingerprint density at radius 1 is 1.16 bits per heavy atom. The van der Waals surface area contributed by atoms with E-state index in [1.807, 2.05) is 13.8 Å². The van der Waals surface area contributed by atoms with Crippen molar-refractivity contribution in [3.8, 4) is 0 Å². The molecule has 0 aliphatic heterocycles. The summed E-state index contributed by atoms with van der Waals surface area (Å²) in [6.07, 6.45) is 0. The van der Waals surface area contributed by atoms with Crippen molar-refractivity contribution in [1.82, 2.24) is 0 Å². The smallest absolute Gasteiger partial charge is 0.136 e. The third kappa shape index (κ3) is 3.88. The molecule has 0 aliphatic rings. The van der Waals surface area contributed by atoms with Crippen molar-refractivity contribution in [2.45, 2.75) is 34.6 Å². The third-order valence-electron chi connectivity index (χ3n) is 2.68. The summed E-state index contributed by atoms with van der Waals surface area (Å²) in [7, 11) is 1.60. The number of nitrogens with two attached hydrogens (primary N) is 1. The molecule has 1 aromatic rings. The lowest BCUT2D eigenvalue weighted by molar-refractivity contribution is 0.566. The maximum absolute atomic E-state index is 14.0. The number of hydrogen-bond donors (Lipinski definition) is 1. The van der Waals surface area contributed by atoms with Crippen molar-refractivity contribution in [2.75, 3.05) is 7.05 Å². The molecule has 0 bridgehead atoms. The lowest BCUT2D eigenvalue weighted by Gasteiger charge is -2.12. The van der Waals surface area contributed by atoms with Crippen LogP contribution in [0, 0.1) is 18.6 Å². The molecular weight excluding hydrogens is 246 g/mol. The molecule has 0 fully saturated rings. The van der Waals surface area contributed by atoms with Crippen LogP contribution < -0.4 is 5.73 Å². The van der Waals surface area contributed by atoms with E-state index in [-0.39, 0.29) is 11.1 Å². The highest BCUT2D eigenvalue weighted by atomic mass is 19.1. The first-order valence-electron chi connectivity index (χ1n) is 6.25. The Kier molecular flexibility index (Phi) is 6.98. The first-order valence-corrected chi connectivity index (χ1v) is 6.25. The van der Waals surface area contributed by atoms with Gasteiger partial charge >= 0.3 is 0 Å². The van der Waals surface area contributed by atoms with Gasteiger partial charge in [0, 0.05) is 35.2 Å². The second-order valence-corrected chi connectivity index (χ2v) is 3.90. The van der Waals surface area contributed by atoms with E-state index in [2.05, 4.69) is 4.99 Å². The molecule has 0 saturated heterocycles. The molecule has 106 valence electrons. The summed E-state index contributed by atoms with van der Waals surface area (Å²) in [5.74, 6) is -1.15. The van der Waals surface area contributed by atoms with Gasteiger partial charge in [-0.05, 0) is 32.9 Å². The molecule has 0 spiro atoms. The Bertz CT molecular complexity index is 499. The Hall–Kier alpha value is -1.71. The van der Waals surface area contributed by atoms with Crippen molar-refractivity contribution in [1.29, 1.82) is 0 Å². The quantitative estimate of drug-likeness (QED) is 0.806. The number of hydrogen-bond acceptors (Lipinski definition) is 2. The number of aliphatic imine (C=N–C) groups is 1. The zero-order valence-corrected chi connectivity index (χ0v) is 12.4. The second-order valence-electron chi connectivity index (χ2n) is 3.90. The van der Waals surface area contributed by atoms with Gasteiger partial charge in [-0.3, -0.25) is 4.99 Å². The number of nitrogens with zero attached hydrogens (tertiary/aromatic N) is 1. The fourth-order valence-electron chi connectivity index (χ4n) is 1.66. The molecule has 1 aromatic carbocycles. The van der Waals surface area contributed by atoms with Crippen LogP contribution in [0.5, 0.6) is 0 Å². The van der Waals surface area contributed by atoms with Crippen LogP contribution in [-0.2, 0) is 0 Å². The standard InChI is InChI=1S/C13H16F2N2.C2H6/c1-7-11(14)6-5-10(13(7)15)12(8(2)16)9(3)17-4;1-2/h5-6H,16H2,1-4H3;1-2H3/b12-8+,17-9?;.